The standard InChI is InChI=1S/C18H26N2O6S/c1-13-3-2-4-15(11-13)14-5-8-20(9-6-14)27(24,25)16-7-10-26-12-18(16,22)17(21)19-23/h2-4,11,14,16,22-23H,5-10,12H2,1H3,(H,19,21). The van der Waals surface area contributed by atoms with Gasteiger partial charge in [-0.2, -0.15) is 0 Å². The highest BCUT2D eigenvalue weighted by Crippen LogP contribution is 2.34. The van der Waals surface area contributed by atoms with Crippen LogP contribution in [0.15, 0.2) is 24.3 Å². The van der Waals surface area contributed by atoms with Crippen LogP contribution < -0.4 is 5.48 Å². The average Bonchev–Trinajstić information content (AvgIpc) is 2.67. The third-order valence-corrected chi connectivity index (χ3v) is 7.99. The molecule has 2 heterocycles. The Hall–Kier alpha value is -1.52. The van der Waals surface area contributed by atoms with Gasteiger partial charge in [0.2, 0.25) is 10.0 Å². The van der Waals surface area contributed by atoms with Gasteiger partial charge in [-0.15, -0.1) is 0 Å². The Labute approximate surface area is 159 Å². The molecule has 0 aromatic heterocycles. The Morgan fingerprint density at radius 2 is 2.00 bits per heavy atom. The molecule has 0 saturated carbocycles. The van der Waals surface area contributed by atoms with Gasteiger partial charge in [0.1, 0.15) is 5.25 Å². The first-order valence-electron chi connectivity index (χ1n) is 9.09. The van der Waals surface area contributed by atoms with Crippen molar-refractivity contribution in [3.63, 3.8) is 0 Å². The number of carbonyl (C=O) groups is 1. The average molecular weight is 398 g/mol. The molecule has 0 bridgehead atoms. The first kappa shape index (κ1) is 20.2. The summed E-state index contributed by atoms with van der Waals surface area (Å²) in [5.41, 5.74) is 1.43. The van der Waals surface area contributed by atoms with Gasteiger partial charge in [0, 0.05) is 19.7 Å². The molecule has 0 aliphatic carbocycles. The summed E-state index contributed by atoms with van der Waals surface area (Å²) in [6.07, 6.45) is 1.34. The Morgan fingerprint density at radius 1 is 1.30 bits per heavy atom. The maximum absolute atomic E-state index is 13.1. The first-order chi connectivity index (χ1) is 12.8. The minimum atomic E-state index is -3.93. The molecule has 8 nitrogen and oxygen atoms in total. The fraction of sp³-hybridized carbons (Fsp3) is 0.611. The van der Waals surface area contributed by atoms with Gasteiger partial charge in [-0.1, -0.05) is 29.8 Å². The van der Waals surface area contributed by atoms with E-state index in [2.05, 4.69) is 12.1 Å². The van der Waals surface area contributed by atoms with Crippen LogP contribution in [0.5, 0.6) is 0 Å². The topological polar surface area (TPSA) is 116 Å². The molecule has 9 heteroatoms. The van der Waals surface area contributed by atoms with Crippen LogP contribution in [-0.4, -0.2) is 66.1 Å². The molecule has 1 aromatic carbocycles. The van der Waals surface area contributed by atoms with Gasteiger partial charge >= 0.3 is 0 Å². The van der Waals surface area contributed by atoms with Crippen molar-refractivity contribution in [1.29, 1.82) is 0 Å². The summed E-state index contributed by atoms with van der Waals surface area (Å²) in [5, 5.41) is 18.2. The molecular formula is C18H26N2O6S. The van der Waals surface area contributed by atoms with Crippen LogP contribution in [0.2, 0.25) is 0 Å². The number of aliphatic hydroxyl groups is 1. The van der Waals surface area contributed by atoms with E-state index in [0.717, 1.165) is 0 Å². The van der Waals surface area contributed by atoms with Crippen molar-refractivity contribution in [1.82, 2.24) is 9.79 Å². The van der Waals surface area contributed by atoms with Crippen LogP contribution >= 0.6 is 0 Å². The number of hydrogen-bond donors (Lipinski definition) is 3. The van der Waals surface area contributed by atoms with Gasteiger partial charge in [0.25, 0.3) is 5.91 Å². The zero-order valence-corrected chi connectivity index (χ0v) is 16.1. The molecule has 3 N–H and O–H groups in total. The normalized spacial score (nSPS) is 28.0. The van der Waals surface area contributed by atoms with Crippen molar-refractivity contribution < 1.29 is 28.3 Å². The minimum absolute atomic E-state index is 0.00986. The largest absolute Gasteiger partial charge is 0.378 e. The summed E-state index contributed by atoms with van der Waals surface area (Å²) in [6.45, 7) is 2.35. The molecule has 2 aliphatic rings. The van der Waals surface area contributed by atoms with Gasteiger partial charge in [-0.05, 0) is 37.7 Å². The Balaban J connectivity index is 1.75. The number of rotatable bonds is 4. The van der Waals surface area contributed by atoms with Crippen LogP contribution in [0, 0.1) is 6.92 Å². The summed E-state index contributed by atoms with van der Waals surface area (Å²) in [7, 11) is -3.93. The lowest BCUT2D eigenvalue weighted by Gasteiger charge is -2.41. The molecule has 0 spiro atoms. The Kier molecular flexibility index (Phi) is 5.87. The highest BCUT2D eigenvalue weighted by Gasteiger charge is 2.54. The van der Waals surface area contributed by atoms with Crippen LogP contribution in [-0.2, 0) is 19.6 Å². The number of amides is 1. The molecule has 3 rings (SSSR count). The van der Waals surface area contributed by atoms with Crippen molar-refractivity contribution in [3.05, 3.63) is 35.4 Å². The minimum Gasteiger partial charge on any atom is -0.378 e. The molecular weight excluding hydrogens is 372 g/mol. The second-order valence-corrected chi connectivity index (χ2v) is 9.44. The van der Waals surface area contributed by atoms with Crippen molar-refractivity contribution in [3.8, 4) is 0 Å². The zero-order valence-electron chi connectivity index (χ0n) is 15.3. The number of carbonyl (C=O) groups excluding carboxylic acids is 1. The van der Waals surface area contributed by atoms with E-state index in [1.165, 1.54) is 20.9 Å². The van der Waals surface area contributed by atoms with Crippen LogP contribution in [0.4, 0.5) is 0 Å². The van der Waals surface area contributed by atoms with Gasteiger partial charge < -0.3 is 9.84 Å². The summed E-state index contributed by atoms with van der Waals surface area (Å²) >= 11 is 0. The molecule has 2 unspecified atom stereocenters. The molecule has 1 amide bonds. The summed E-state index contributed by atoms with van der Waals surface area (Å²) in [6, 6.07) is 8.22. The van der Waals surface area contributed by atoms with Gasteiger partial charge in [0.05, 0.1) is 6.61 Å². The predicted octanol–water partition coefficient (Wildman–Crippen LogP) is 0.530. The zero-order chi connectivity index (χ0) is 19.7. The summed E-state index contributed by atoms with van der Waals surface area (Å²) in [5.74, 6) is -0.879. The number of nitrogens with zero attached hydrogens (tertiary/aromatic N) is 1. The lowest BCUT2D eigenvalue weighted by molar-refractivity contribution is -0.161. The number of aryl methyl sites for hydroxylation is 1. The number of nitrogens with one attached hydrogen (secondary N) is 1. The van der Waals surface area contributed by atoms with Gasteiger partial charge in [-0.3, -0.25) is 10.0 Å². The monoisotopic (exact) mass is 398 g/mol. The predicted molar refractivity (Wildman–Crippen MR) is 97.7 cm³/mol. The summed E-state index contributed by atoms with van der Waals surface area (Å²) < 4.78 is 32.7. The van der Waals surface area contributed by atoms with E-state index in [1.54, 1.807) is 0 Å². The Morgan fingerprint density at radius 3 is 2.63 bits per heavy atom. The fourth-order valence-corrected chi connectivity index (χ4v) is 6.14. The molecule has 0 radical (unpaired) electrons. The van der Waals surface area contributed by atoms with Crippen molar-refractivity contribution in [2.45, 2.75) is 43.0 Å². The highest BCUT2D eigenvalue weighted by atomic mass is 32.2. The second-order valence-electron chi connectivity index (χ2n) is 7.33. The van der Waals surface area contributed by atoms with E-state index >= 15 is 0 Å². The lowest BCUT2D eigenvalue weighted by Crippen LogP contribution is -2.64. The third kappa shape index (κ3) is 3.88. The smallest absolute Gasteiger partial charge is 0.279 e. The molecule has 2 saturated heterocycles. The van der Waals surface area contributed by atoms with Gasteiger partial charge in [0.15, 0.2) is 5.60 Å². The van der Waals surface area contributed by atoms with Crippen molar-refractivity contribution >= 4 is 15.9 Å². The molecule has 2 atom stereocenters. The van der Waals surface area contributed by atoms with E-state index in [0.29, 0.717) is 25.9 Å². The highest BCUT2D eigenvalue weighted by molar-refractivity contribution is 7.89. The molecule has 1 aromatic rings. The van der Waals surface area contributed by atoms with Crippen LogP contribution in [0.3, 0.4) is 0 Å². The number of benzene rings is 1. The molecule has 2 fully saturated rings. The molecule has 150 valence electrons. The van der Waals surface area contributed by atoms with Crippen molar-refractivity contribution in [2.75, 3.05) is 26.3 Å². The molecule has 2 aliphatic heterocycles. The van der Waals surface area contributed by atoms with E-state index in [9.17, 15) is 18.3 Å². The number of ether oxygens (including phenoxy) is 1. The Bertz CT molecular complexity index is 791. The first-order valence-corrected chi connectivity index (χ1v) is 10.6. The van der Waals surface area contributed by atoms with Crippen LogP contribution in [0.25, 0.3) is 0 Å². The number of sulfonamides is 1. The summed E-state index contributed by atoms with van der Waals surface area (Å²) in [4.78, 5) is 11.9. The van der Waals surface area contributed by atoms with E-state index in [-0.39, 0.29) is 18.9 Å². The number of piperidine rings is 1. The SMILES string of the molecule is Cc1cccc(C2CCN(S(=O)(=O)C3CCOCC3(O)C(=O)NO)CC2)c1. The van der Waals surface area contributed by atoms with E-state index in [1.807, 2.05) is 19.1 Å². The number of hydrogen-bond acceptors (Lipinski definition) is 6. The van der Waals surface area contributed by atoms with Crippen molar-refractivity contribution in [2.24, 2.45) is 0 Å². The third-order valence-electron chi connectivity index (χ3n) is 5.56. The van der Waals surface area contributed by atoms with Crippen LogP contribution in [0.1, 0.15) is 36.3 Å². The fourth-order valence-electron chi connectivity index (χ4n) is 4.00. The lowest BCUT2D eigenvalue weighted by atomic mass is 9.89. The maximum Gasteiger partial charge on any atom is 0.279 e. The number of hydroxylamine groups is 1. The molecule has 27 heavy (non-hydrogen) atoms. The quantitative estimate of drug-likeness (QED) is 0.503. The second kappa shape index (κ2) is 7.84. The van der Waals surface area contributed by atoms with Gasteiger partial charge in [-0.25, -0.2) is 18.2 Å². The van der Waals surface area contributed by atoms with E-state index < -0.39 is 33.4 Å². The van der Waals surface area contributed by atoms with E-state index in [4.69, 9.17) is 9.94 Å². The maximum atomic E-state index is 13.1.